The van der Waals surface area contributed by atoms with Gasteiger partial charge in [0.25, 0.3) is 5.97 Å². The molecule has 0 radical (unpaired) electrons. The van der Waals surface area contributed by atoms with Crippen LogP contribution in [-0.4, -0.2) is 36.7 Å². The number of ether oxygens (including phenoxy) is 1. The van der Waals surface area contributed by atoms with E-state index in [1.807, 2.05) is 6.92 Å². The van der Waals surface area contributed by atoms with Gasteiger partial charge in [-0.3, -0.25) is 9.59 Å². The van der Waals surface area contributed by atoms with E-state index in [1.54, 1.807) is 0 Å². The van der Waals surface area contributed by atoms with Gasteiger partial charge >= 0.3 is 5.97 Å². The molecule has 110 valence electrons. The zero-order chi connectivity index (χ0) is 14.3. The number of esters is 1. The number of hydrogen-bond donors (Lipinski definition) is 2. The van der Waals surface area contributed by atoms with Crippen molar-refractivity contribution < 1.29 is 19.4 Å². The molecule has 1 aliphatic carbocycles. The number of piperidine rings is 1. The van der Waals surface area contributed by atoms with E-state index < -0.39 is 5.97 Å². The minimum atomic E-state index is -0.833. The summed E-state index contributed by atoms with van der Waals surface area (Å²) in [5.41, 5.74) is 0. The number of aliphatic carboxylic acids is 1. The fourth-order valence-corrected chi connectivity index (χ4v) is 3.10. The lowest BCUT2D eigenvalue weighted by Crippen LogP contribution is -2.48. The van der Waals surface area contributed by atoms with Gasteiger partial charge < -0.3 is 15.2 Å². The number of nitrogens with one attached hydrogen (secondary N) is 1. The maximum absolute atomic E-state index is 11.8. The summed E-state index contributed by atoms with van der Waals surface area (Å²) in [6.07, 6.45) is 5.12. The number of hydrogen-bond acceptors (Lipinski definition) is 4. The molecule has 1 unspecified atom stereocenters. The molecular formula is C14H25NO4. The van der Waals surface area contributed by atoms with E-state index in [0.717, 1.165) is 20.0 Å². The Bertz CT molecular complexity index is 300. The molecule has 0 aromatic rings. The topological polar surface area (TPSA) is 75.6 Å². The first kappa shape index (κ1) is 16.0. The molecule has 19 heavy (non-hydrogen) atoms. The van der Waals surface area contributed by atoms with Gasteiger partial charge in [0.15, 0.2) is 0 Å². The van der Waals surface area contributed by atoms with E-state index in [-0.39, 0.29) is 11.9 Å². The van der Waals surface area contributed by atoms with Crippen LogP contribution in [0.25, 0.3) is 0 Å². The Hall–Kier alpha value is -1.10. The van der Waals surface area contributed by atoms with Gasteiger partial charge in [0.05, 0.1) is 12.5 Å². The van der Waals surface area contributed by atoms with Gasteiger partial charge in [0, 0.05) is 13.5 Å². The van der Waals surface area contributed by atoms with Crippen molar-refractivity contribution >= 4 is 11.9 Å². The average molecular weight is 271 g/mol. The third kappa shape index (κ3) is 5.19. The second-order valence-corrected chi connectivity index (χ2v) is 5.24. The molecule has 1 saturated carbocycles. The second kappa shape index (κ2) is 8.15. The fraction of sp³-hybridized carbons (Fsp3) is 0.857. The summed E-state index contributed by atoms with van der Waals surface area (Å²) in [6.45, 7) is 5.39. The average Bonchev–Trinajstić information content (AvgIpc) is 2.37. The maximum atomic E-state index is 11.8. The molecule has 0 spiro atoms. The van der Waals surface area contributed by atoms with Gasteiger partial charge in [-0.05, 0) is 38.1 Å². The lowest BCUT2D eigenvalue weighted by molar-refractivity contribution is -0.152. The number of carbonyl (C=O) groups excluding carboxylic acids is 1. The summed E-state index contributed by atoms with van der Waals surface area (Å²) < 4.78 is 5.15. The predicted octanol–water partition coefficient (Wildman–Crippen LogP) is 1.67. The molecule has 2 fully saturated rings. The Kier molecular flexibility index (Phi) is 6.84. The van der Waals surface area contributed by atoms with Crippen LogP contribution < -0.4 is 5.32 Å². The van der Waals surface area contributed by atoms with Gasteiger partial charge in [-0.1, -0.05) is 12.8 Å². The van der Waals surface area contributed by atoms with Crippen molar-refractivity contribution in [3.8, 4) is 0 Å². The monoisotopic (exact) mass is 271 g/mol. The van der Waals surface area contributed by atoms with Crippen LogP contribution in [0.1, 0.15) is 39.5 Å². The summed E-state index contributed by atoms with van der Waals surface area (Å²) in [4.78, 5) is 20.8. The standard InChI is InChI=1S/C12H21NO2.C2H4O2/c1-2-15-12(14)11-8-13-7-9-5-3-4-6-10(9)11;1-2(3)4/h9-11,13H,2-8H2,1H3;1H3,(H,3,4)/t9-,10?,11+;/m1./s1. The van der Waals surface area contributed by atoms with Crippen LogP contribution in [0.4, 0.5) is 0 Å². The highest BCUT2D eigenvalue weighted by Gasteiger charge is 2.39. The molecule has 0 aromatic carbocycles. The summed E-state index contributed by atoms with van der Waals surface area (Å²) in [6, 6.07) is 0. The largest absolute Gasteiger partial charge is 0.481 e. The van der Waals surface area contributed by atoms with E-state index in [2.05, 4.69) is 5.32 Å². The Morgan fingerprint density at radius 3 is 2.53 bits per heavy atom. The Balaban J connectivity index is 0.000000399. The predicted molar refractivity (Wildman–Crippen MR) is 71.8 cm³/mol. The van der Waals surface area contributed by atoms with Gasteiger partial charge in [-0.2, -0.15) is 0 Å². The number of carboxylic acid groups (broad SMARTS) is 1. The quantitative estimate of drug-likeness (QED) is 0.747. The molecule has 1 heterocycles. The zero-order valence-corrected chi connectivity index (χ0v) is 11.9. The van der Waals surface area contributed by atoms with Crippen LogP contribution in [0.5, 0.6) is 0 Å². The smallest absolute Gasteiger partial charge is 0.310 e. The lowest BCUT2D eigenvalue weighted by atomic mass is 9.70. The van der Waals surface area contributed by atoms with Crippen molar-refractivity contribution in [2.75, 3.05) is 19.7 Å². The van der Waals surface area contributed by atoms with Gasteiger partial charge in [0.2, 0.25) is 0 Å². The van der Waals surface area contributed by atoms with Crippen LogP contribution in [0.15, 0.2) is 0 Å². The fourth-order valence-electron chi connectivity index (χ4n) is 3.10. The van der Waals surface area contributed by atoms with Crippen LogP contribution in [-0.2, 0) is 14.3 Å². The molecule has 2 N–H and O–H groups in total. The second-order valence-electron chi connectivity index (χ2n) is 5.24. The normalized spacial score (nSPS) is 29.5. The van der Waals surface area contributed by atoms with Crippen LogP contribution in [0.3, 0.4) is 0 Å². The molecule has 0 aromatic heterocycles. The third-order valence-electron chi connectivity index (χ3n) is 3.84. The number of rotatable bonds is 2. The Morgan fingerprint density at radius 2 is 1.89 bits per heavy atom. The van der Waals surface area contributed by atoms with Crippen molar-refractivity contribution in [2.45, 2.75) is 39.5 Å². The summed E-state index contributed by atoms with van der Waals surface area (Å²) >= 11 is 0. The van der Waals surface area contributed by atoms with Crippen molar-refractivity contribution in [1.29, 1.82) is 0 Å². The van der Waals surface area contributed by atoms with Gasteiger partial charge in [-0.25, -0.2) is 0 Å². The summed E-state index contributed by atoms with van der Waals surface area (Å²) in [5.74, 6) is 0.589. The molecular weight excluding hydrogens is 246 g/mol. The first-order chi connectivity index (χ1) is 9.06. The highest BCUT2D eigenvalue weighted by molar-refractivity contribution is 5.73. The summed E-state index contributed by atoms with van der Waals surface area (Å²) in [5, 5.41) is 10.8. The van der Waals surface area contributed by atoms with E-state index >= 15 is 0 Å². The minimum absolute atomic E-state index is 0.0154. The number of carbonyl (C=O) groups is 2. The molecule has 3 atom stereocenters. The molecule has 2 rings (SSSR count). The third-order valence-corrected chi connectivity index (χ3v) is 3.84. The summed E-state index contributed by atoms with van der Waals surface area (Å²) in [7, 11) is 0. The number of fused-ring (bicyclic) bond motifs is 1. The SMILES string of the molecule is CC(=O)O.CCOC(=O)[C@H]1CNC[C@H]2CCCCC21. The van der Waals surface area contributed by atoms with E-state index in [4.69, 9.17) is 14.6 Å². The van der Waals surface area contributed by atoms with Crippen molar-refractivity contribution in [3.63, 3.8) is 0 Å². The van der Waals surface area contributed by atoms with Crippen molar-refractivity contribution in [1.82, 2.24) is 5.32 Å². The molecule has 0 bridgehead atoms. The first-order valence-corrected chi connectivity index (χ1v) is 7.13. The maximum Gasteiger partial charge on any atom is 0.310 e. The lowest BCUT2D eigenvalue weighted by Gasteiger charge is -2.40. The first-order valence-electron chi connectivity index (χ1n) is 7.13. The molecule has 1 aliphatic heterocycles. The molecule has 2 aliphatic rings. The number of carboxylic acids is 1. The Morgan fingerprint density at radius 1 is 1.26 bits per heavy atom. The van der Waals surface area contributed by atoms with Crippen molar-refractivity contribution in [3.05, 3.63) is 0 Å². The molecule has 0 amide bonds. The van der Waals surface area contributed by atoms with E-state index in [1.165, 1.54) is 25.7 Å². The highest BCUT2D eigenvalue weighted by Crippen LogP contribution is 2.37. The Labute approximate surface area is 114 Å². The van der Waals surface area contributed by atoms with Crippen LogP contribution in [0, 0.1) is 17.8 Å². The molecule has 5 heteroatoms. The molecule has 5 nitrogen and oxygen atoms in total. The molecule has 1 saturated heterocycles. The van der Waals surface area contributed by atoms with Crippen LogP contribution >= 0.6 is 0 Å². The van der Waals surface area contributed by atoms with E-state index in [9.17, 15) is 4.79 Å². The van der Waals surface area contributed by atoms with Gasteiger partial charge in [-0.15, -0.1) is 0 Å². The zero-order valence-electron chi connectivity index (χ0n) is 11.9. The van der Waals surface area contributed by atoms with Crippen LogP contribution in [0.2, 0.25) is 0 Å². The van der Waals surface area contributed by atoms with E-state index in [0.29, 0.717) is 18.4 Å². The van der Waals surface area contributed by atoms with Gasteiger partial charge in [0.1, 0.15) is 0 Å². The van der Waals surface area contributed by atoms with Crippen molar-refractivity contribution in [2.24, 2.45) is 17.8 Å². The minimum Gasteiger partial charge on any atom is -0.481 e. The highest BCUT2D eigenvalue weighted by atomic mass is 16.5.